The highest BCUT2D eigenvalue weighted by Crippen LogP contribution is 2.36. The smallest absolute Gasteiger partial charge is 0.306 e. The molecular formula is C9H19O3P. The summed E-state index contributed by atoms with van der Waals surface area (Å²) in [6, 6.07) is 0. The van der Waals surface area contributed by atoms with E-state index in [2.05, 4.69) is 0 Å². The molecule has 13 heavy (non-hydrogen) atoms. The molecule has 0 radical (unpaired) electrons. The summed E-state index contributed by atoms with van der Waals surface area (Å²) in [5.74, 6) is -0.225. The lowest BCUT2D eigenvalue weighted by Crippen LogP contribution is -2.07. The van der Waals surface area contributed by atoms with Crippen molar-refractivity contribution in [1.82, 2.24) is 0 Å². The minimum atomic E-state index is -2.06. The first-order chi connectivity index (χ1) is 5.95. The second-order valence-electron chi connectivity index (χ2n) is 3.62. The predicted molar refractivity (Wildman–Crippen MR) is 54.8 cm³/mol. The summed E-state index contributed by atoms with van der Waals surface area (Å²) < 4.78 is 16.2. The van der Waals surface area contributed by atoms with Gasteiger partial charge < -0.3 is 9.30 Å². The first-order valence-corrected chi connectivity index (χ1v) is 7.44. The Morgan fingerprint density at radius 3 is 2.46 bits per heavy atom. The molecule has 78 valence electrons. The molecule has 0 rings (SSSR count). The zero-order valence-corrected chi connectivity index (χ0v) is 9.60. The van der Waals surface area contributed by atoms with E-state index < -0.39 is 7.14 Å². The van der Waals surface area contributed by atoms with Crippen LogP contribution in [0.2, 0.25) is 0 Å². The van der Waals surface area contributed by atoms with Gasteiger partial charge in [-0.05, 0) is 19.8 Å². The molecule has 0 aliphatic carbocycles. The maximum atomic E-state index is 11.2. The maximum Gasteiger partial charge on any atom is 0.306 e. The Bertz CT molecular complexity index is 195. The molecule has 0 aliphatic rings. The van der Waals surface area contributed by atoms with E-state index in [1.807, 2.05) is 6.92 Å². The molecule has 0 fully saturated rings. The Morgan fingerprint density at radius 2 is 2.00 bits per heavy atom. The van der Waals surface area contributed by atoms with Gasteiger partial charge in [0.1, 0.15) is 0 Å². The topological polar surface area (TPSA) is 43.4 Å². The van der Waals surface area contributed by atoms with Gasteiger partial charge >= 0.3 is 5.97 Å². The van der Waals surface area contributed by atoms with E-state index in [0.29, 0.717) is 12.8 Å². The normalized spacial score (nSPS) is 11.3. The number of esters is 1. The highest BCUT2D eigenvalue weighted by molar-refractivity contribution is 7.62. The number of unbranched alkanes of at least 4 members (excludes halogenated alkanes) is 1. The van der Waals surface area contributed by atoms with Gasteiger partial charge in [-0.2, -0.15) is 0 Å². The van der Waals surface area contributed by atoms with E-state index in [9.17, 15) is 9.36 Å². The van der Waals surface area contributed by atoms with Crippen molar-refractivity contribution in [2.45, 2.75) is 26.2 Å². The average Bonchev–Trinajstić information content (AvgIpc) is 2.00. The molecule has 0 spiro atoms. The van der Waals surface area contributed by atoms with Crippen molar-refractivity contribution in [3.05, 3.63) is 0 Å². The van der Waals surface area contributed by atoms with E-state index in [4.69, 9.17) is 4.74 Å². The average molecular weight is 206 g/mol. The first kappa shape index (κ1) is 12.7. The highest BCUT2D eigenvalue weighted by atomic mass is 31.2. The molecule has 3 nitrogen and oxygen atoms in total. The van der Waals surface area contributed by atoms with Crippen molar-refractivity contribution in [1.29, 1.82) is 0 Å². The molecule has 0 amide bonds. The summed E-state index contributed by atoms with van der Waals surface area (Å²) in [7, 11) is -2.06. The van der Waals surface area contributed by atoms with Crippen molar-refractivity contribution < 1.29 is 14.1 Å². The van der Waals surface area contributed by atoms with Gasteiger partial charge in [0, 0.05) is 6.16 Å². The Hall–Kier alpha value is -0.300. The minimum absolute atomic E-state index is 0.225. The Labute approximate surface area is 80.2 Å². The van der Waals surface area contributed by atoms with Crippen LogP contribution in [-0.2, 0) is 14.1 Å². The molecule has 0 saturated carbocycles. The highest BCUT2D eigenvalue weighted by Gasteiger charge is 2.11. The van der Waals surface area contributed by atoms with Crippen LogP contribution in [0.5, 0.6) is 0 Å². The lowest BCUT2D eigenvalue weighted by molar-refractivity contribution is -0.143. The van der Waals surface area contributed by atoms with Crippen molar-refractivity contribution in [2.75, 3.05) is 26.1 Å². The van der Waals surface area contributed by atoms with E-state index in [0.717, 1.165) is 12.8 Å². The molecular weight excluding hydrogens is 187 g/mol. The van der Waals surface area contributed by atoms with Gasteiger partial charge in [-0.25, -0.2) is 0 Å². The van der Waals surface area contributed by atoms with Crippen molar-refractivity contribution >= 4 is 13.1 Å². The molecule has 4 heteroatoms. The number of hydrogen-bond donors (Lipinski definition) is 0. The number of rotatable bonds is 6. The first-order valence-electron chi connectivity index (χ1n) is 4.65. The van der Waals surface area contributed by atoms with Gasteiger partial charge in [-0.1, -0.05) is 13.3 Å². The zero-order valence-electron chi connectivity index (χ0n) is 8.71. The second kappa shape index (κ2) is 6.20. The molecule has 0 saturated heterocycles. The van der Waals surface area contributed by atoms with E-state index in [-0.39, 0.29) is 12.4 Å². The van der Waals surface area contributed by atoms with Crippen LogP contribution in [0.4, 0.5) is 0 Å². The SMILES string of the molecule is CCCCOC(=O)CCP(C)(C)=O. The van der Waals surface area contributed by atoms with Crippen molar-refractivity contribution in [3.8, 4) is 0 Å². The van der Waals surface area contributed by atoms with E-state index in [1.54, 1.807) is 13.3 Å². The molecule has 0 N–H and O–H groups in total. The summed E-state index contributed by atoms with van der Waals surface area (Å²) in [5, 5.41) is 0. The molecule has 0 aromatic rings. The number of hydrogen-bond acceptors (Lipinski definition) is 3. The van der Waals surface area contributed by atoms with Crippen LogP contribution < -0.4 is 0 Å². The fourth-order valence-electron chi connectivity index (χ4n) is 0.763. The fourth-order valence-corrected chi connectivity index (χ4v) is 1.48. The number of ether oxygens (including phenoxy) is 1. The standard InChI is InChI=1S/C9H19O3P/c1-4-5-7-12-9(10)6-8-13(2,3)11/h4-8H2,1-3H3. The summed E-state index contributed by atoms with van der Waals surface area (Å²) in [6.45, 7) is 5.91. The summed E-state index contributed by atoms with van der Waals surface area (Å²) >= 11 is 0. The molecule has 0 unspecified atom stereocenters. The van der Waals surface area contributed by atoms with E-state index >= 15 is 0 Å². The lowest BCUT2D eigenvalue weighted by Gasteiger charge is -2.06. The molecule has 0 aromatic carbocycles. The Kier molecular flexibility index (Phi) is 6.06. The van der Waals surface area contributed by atoms with Crippen molar-refractivity contribution in [2.24, 2.45) is 0 Å². The number of carbonyl (C=O) groups excluding carboxylic acids is 1. The maximum absolute atomic E-state index is 11.2. The third kappa shape index (κ3) is 9.62. The Morgan fingerprint density at radius 1 is 1.38 bits per heavy atom. The second-order valence-corrected chi connectivity index (χ2v) is 7.22. The number of carbonyl (C=O) groups is 1. The van der Waals surface area contributed by atoms with Crippen LogP contribution >= 0.6 is 7.14 Å². The largest absolute Gasteiger partial charge is 0.466 e. The minimum Gasteiger partial charge on any atom is -0.466 e. The Balaban J connectivity index is 3.47. The van der Waals surface area contributed by atoms with Gasteiger partial charge in [0.2, 0.25) is 0 Å². The van der Waals surface area contributed by atoms with Gasteiger partial charge in [0.25, 0.3) is 0 Å². The molecule has 0 aromatic heterocycles. The van der Waals surface area contributed by atoms with Gasteiger partial charge in [-0.3, -0.25) is 4.79 Å². The molecule has 0 aliphatic heterocycles. The van der Waals surface area contributed by atoms with Crippen LogP contribution in [-0.4, -0.2) is 32.1 Å². The van der Waals surface area contributed by atoms with Crippen LogP contribution in [0.1, 0.15) is 26.2 Å². The van der Waals surface area contributed by atoms with Crippen molar-refractivity contribution in [3.63, 3.8) is 0 Å². The van der Waals surface area contributed by atoms with Gasteiger partial charge in [0.15, 0.2) is 0 Å². The fraction of sp³-hybridized carbons (Fsp3) is 0.889. The monoisotopic (exact) mass is 206 g/mol. The van der Waals surface area contributed by atoms with Crippen LogP contribution in [0, 0.1) is 0 Å². The molecule has 0 atom stereocenters. The molecule has 0 heterocycles. The third-order valence-corrected chi connectivity index (χ3v) is 2.92. The summed E-state index contributed by atoms with van der Waals surface area (Å²) in [4.78, 5) is 11.0. The van der Waals surface area contributed by atoms with Gasteiger partial charge in [-0.15, -0.1) is 0 Å². The third-order valence-electron chi connectivity index (χ3n) is 1.62. The van der Waals surface area contributed by atoms with E-state index in [1.165, 1.54) is 0 Å². The van der Waals surface area contributed by atoms with Crippen LogP contribution in [0.3, 0.4) is 0 Å². The zero-order chi connectivity index (χ0) is 10.3. The van der Waals surface area contributed by atoms with Crippen LogP contribution in [0.25, 0.3) is 0 Å². The predicted octanol–water partition coefficient (Wildman–Crippen LogP) is 2.34. The van der Waals surface area contributed by atoms with Crippen LogP contribution in [0.15, 0.2) is 0 Å². The lowest BCUT2D eigenvalue weighted by atomic mass is 10.4. The summed E-state index contributed by atoms with van der Waals surface area (Å²) in [6.07, 6.45) is 2.67. The quantitative estimate of drug-likeness (QED) is 0.380. The van der Waals surface area contributed by atoms with Gasteiger partial charge in [0.05, 0.1) is 20.2 Å². The molecule has 0 bridgehead atoms. The summed E-state index contributed by atoms with van der Waals surface area (Å²) in [5.41, 5.74) is 0.